The highest BCUT2D eigenvalue weighted by Gasteiger charge is 2.42. The summed E-state index contributed by atoms with van der Waals surface area (Å²) < 4.78 is 2.08. The minimum absolute atomic E-state index is 0.286. The largest absolute Gasteiger partial charge is 0.382 e. The van der Waals surface area contributed by atoms with Gasteiger partial charge in [0, 0.05) is 0 Å². The molecule has 1 fully saturated rings. The Labute approximate surface area is 106 Å². The van der Waals surface area contributed by atoms with Crippen molar-refractivity contribution >= 4 is 17.0 Å². The number of aromatic nitrogens is 4. The predicted molar refractivity (Wildman–Crippen MR) is 70.9 cm³/mol. The number of hydrogen-bond donors (Lipinski definition) is 1. The van der Waals surface area contributed by atoms with E-state index >= 15 is 0 Å². The molecule has 18 heavy (non-hydrogen) atoms. The summed E-state index contributed by atoms with van der Waals surface area (Å²) in [5.74, 6) is 1.60. The van der Waals surface area contributed by atoms with Crippen LogP contribution in [0.5, 0.6) is 0 Å². The van der Waals surface area contributed by atoms with E-state index < -0.39 is 0 Å². The molecule has 2 N–H and O–H groups in total. The maximum atomic E-state index is 5.80. The van der Waals surface area contributed by atoms with E-state index in [9.17, 15) is 0 Å². The van der Waals surface area contributed by atoms with Gasteiger partial charge in [0.2, 0.25) is 0 Å². The molecule has 0 spiro atoms. The molecule has 2 unspecified atom stereocenters. The average Bonchev–Trinajstić information content (AvgIpc) is 2.76. The van der Waals surface area contributed by atoms with Gasteiger partial charge in [-0.1, -0.05) is 26.0 Å². The summed E-state index contributed by atoms with van der Waals surface area (Å²) in [6, 6.07) is 0.286. The van der Waals surface area contributed by atoms with Crippen LogP contribution >= 0.6 is 0 Å². The molecule has 0 amide bonds. The zero-order valence-electron chi connectivity index (χ0n) is 10.7. The van der Waals surface area contributed by atoms with E-state index in [2.05, 4.69) is 39.9 Å². The molecule has 0 saturated heterocycles. The molecule has 94 valence electrons. The topological polar surface area (TPSA) is 69.6 Å². The Hall–Kier alpha value is -1.91. The molecule has 1 aliphatic carbocycles. The van der Waals surface area contributed by atoms with E-state index in [1.807, 2.05) is 0 Å². The number of allylic oxidation sites excluding steroid dienone is 1. The van der Waals surface area contributed by atoms with Gasteiger partial charge in [-0.15, -0.1) is 0 Å². The van der Waals surface area contributed by atoms with Gasteiger partial charge in [-0.2, -0.15) is 0 Å². The Balaban J connectivity index is 2.07. The highest BCUT2D eigenvalue weighted by Crippen LogP contribution is 2.50. The molecular weight excluding hydrogens is 226 g/mol. The van der Waals surface area contributed by atoms with E-state index in [4.69, 9.17) is 5.73 Å². The number of imidazole rings is 1. The van der Waals surface area contributed by atoms with Crippen molar-refractivity contribution in [1.29, 1.82) is 0 Å². The number of fused-ring (bicyclic) bond motifs is 1. The Kier molecular flexibility index (Phi) is 2.36. The highest BCUT2D eigenvalue weighted by molar-refractivity contribution is 5.81. The predicted octanol–water partition coefficient (Wildman–Crippen LogP) is 2.18. The first kappa shape index (κ1) is 11.2. The highest BCUT2D eigenvalue weighted by atomic mass is 15.2. The number of rotatable bonds is 2. The quantitative estimate of drug-likeness (QED) is 0.821. The van der Waals surface area contributed by atoms with Crippen LogP contribution in [-0.2, 0) is 0 Å². The van der Waals surface area contributed by atoms with E-state index in [1.165, 1.54) is 11.9 Å². The molecule has 0 bridgehead atoms. The summed E-state index contributed by atoms with van der Waals surface area (Å²) in [6.07, 6.45) is 4.42. The summed E-state index contributed by atoms with van der Waals surface area (Å²) in [6.45, 7) is 8.66. The maximum Gasteiger partial charge on any atom is 0.165 e. The van der Waals surface area contributed by atoms with Crippen molar-refractivity contribution in [3.8, 4) is 0 Å². The van der Waals surface area contributed by atoms with Crippen molar-refractivity contribution < 1.29 is 0 Å². The van der Waals surface area contributed by atoms with Gasteiger partial charge in [-0.05, 0) is 18.3 Å². The van der Waals surface area contributed by atoms with Crippen LogP contribution in [0.3, 0.4) is 0 Å². The van der Waals surface area contributed by atoms with Gasteiger partial charge in [0.05, 0.1) is 12.4 Å². The molecular formula is C13H17N5. The van der Waals surface area contributed by atoms with E-state index in [-0.39, 0.29) is 6.04 Å². The van der Waals surface area contributed by atoms with Crippen molar-refractivity contribution in [2.24, 2.45) is 11.8 Å². The van der Waals surface area contributed by atoms with Gasteiger partial charge in [-0.25, -0.2) is 15.0 Å². The van der Waals surface area contributed by atoms with Gasteiger partial charge < -0.3 is 10.3 Å². The molecule has 0 aliphatic heterocycles. The molecule has 1 aliphatic rings. The number of nitrogens with two attached hydrogens (primary N) is 1. The van der Waals surface area contributed by atoms with Gasteiger partial charge in [0.1, 0.15) is 11.8 Å². The number of nitrogen functional groups attached to an aromatic ring is 1. The first-order valence-corrected chi connectivity index (χ1v) is 6.26. The molecule has 5 heteroatoms. The number of hydrogen-bond acceptors (Lipinski definition) is 4. The molecule has 0 aromatic carbocycles. The standard InChI is InChI=1S/C13H17N5/c1-4-9-7(2)11(8(9)3)18-6-17-10-12(14)15-5-16-13(10)18/h5-6,8-9,11H,2,4H2,1,3H3,(H2,14,15,16)/t8-,9?,11?/m1/s1. The van der Waals surface area contributed by atoms with E-state index in [0.717, 1.165) is 12.1 Å². The van der Waals surface area contributed by atoms with Crippen LogP contribution in [0.2, 0.25) is 0 Å². The van der Waals surface area contributed by atoms with Crippen molar-refractivity contribution in [3.05, 3.63) is 24.8 Å². The third-order valence-corrected chi connectivity index (χ3v) is 4.12. The van der Waals surface area contributed by atoms with E-state index in [0.29, 0.717) is 23.2 Å². The number of anilines is 1. The Morgan fingerprint density at radius 1 is 1.39 bits per heavy atom. The summed E-state index contributed by atoms with van der Waals surface area (Å²) in [5.41, 5.74) is 8.55. The zero-order chi connectivity index (χ0) is 12.9. The van der Waals surface area contributed by atoms with Crippen LogP contribution in [0.1, 0.15) is 26.3 Å². The van der Waals surface area contributed by atoms with Crippen LogP contribution in [0.25, 0.3) is 11.2 Å². The molecule has 1 saturated carbocycles. The van der Waals surface area contributed by atoms with Crippen LogP contribution in [0.4, 0.5) is 5.82 Å². The second-order valence-electron chi connectivity index (χ2n) is 4.98. The fourth-order valence-electron chi connectivity index (χ4n) is 3.14. The first-order valence-electron chi connectivity index (χ1n) is 6.26. The van der Waals surface area contributed by atoms with Crippen molar-refractivity contribution in [2.75, 3.05) is 5.73 Å². The lowest BCUT2D eigenvalue weighted by molar-refractivity contribution is 0.193. The van der Waals surface area contributed by atoms with Crippen LogP contribution in [0, 0.1) is 11.8 Å². The average molecular weight is 243 g/mol. The third kappa shape index (κ3) is 1.30. The van der Waals surface area contributed by atoms with Crippen molar-refractivity contribution in [3.63, 3.8) is 0 Å². The summed E-state index contributed by atoms with van der Waals surface area (Å²) in [7, 11) is 0. The fourth-order valence-corrected chi connectivity index (χ4v) is 3.14. The second kappa shape index (κ2) is 3.80. The summed E-state index contributed by atoms with van der Waals surface area (Å²) >= 11 is 0. The second-order valence-corrected chi connectivity index (χ2v) is 4.98. The summed E-state index contributed by atoms with van der Waals surface area (Å²) in [4.78, 5) is 12.6. The number of nitrogens with zero attached hydrogens (tertiary/aromatic N) is 4. The SMILES string of the molecule is C=C1C(CC)[C@@H](C)C1n1cnc2c(N)ncnc21. The van der Waals surface area contributed by atoms with Crippen molar-refractivity contribution in [2.45, 2.75) is 26.3 Å². The monoisotopic (exact) mass is 243 g/mol. The zero-order valence-corrected chi connectivity index (χ0v) is 10.7. The molecule has 3 atom stereocenters. The Bertz CT molecular complexity index is 615. The molecule has 5 nitrogen and oxygen atoms in total. The van der Waals surface area contributed by atoms with Gasteiger partial charge in [-0.3, -0.25) is 0 Å². The molecule has 0 radical (unpaired) electrons. The van der Waals surface area contributed by atoms with E-state index in [1.54, 1.807) is 6.33 Å². The molecule has 3 rings (SSSR count). The fraction of sp³-hybridized carbons (Fsp3) is 0.462. The van der Waals surface area contributed by atoms with Crippen LogP contribution in [0.15, 0.2) is 24.8 Å². The van der Waals surface area contributed by atoms with Gasteiger partial charge in [0.15, 0.2) is 11.5 Å². The third-order valence-electron chi connectivity index (χ3n) is 4.12. The lowest BCUT2D eigenvalue weighted by atomic mass is 9.65. The summed E-state index contributed by atoms with van der Waals surface area (Å²) in [5, 5.41) is 0. The van der Waals surface area contributed by atoms with Crippen LogP contribution < -0.4 is 5.73 Å². The normalized spacial score (nSPS) is 27.4. The molecule has 2 heterocycles. The van der Waals surface area contributed by atoms with Gasteiger partial charge in [0.25, 0.3) is 0 Å². The molecule has 2 aromatic rings. The molecule has 2 aromatic heterocycles. The maximum absolute atomic E-state index is 5.80. The minimum Gasteiger partial charge on any atom is -0.382 e. The van der Waals surface area contributed by atoms with Gasteiger partial charge >= 0.3 is 0 Å². The lowest BCUT2D eigenvalue weighted by Crippen LogP contribution is -2.38. The lowest BCUT2D eigenvalue weighted by Gasteiger charge is -2.45. The Morgan fingerprint density at radius 3 is 2.83 bits per heavy atom. The van der Waals surface area contributed by atoms with Crippen LogP contribution in [-0.4, -0.2) is 19.5 Å². The Morgan fingerprint density at radius 2 is 2.17 bits per heavy atom. The minimum atomic E-state index is 0.286. The van der Waals surface area contributed by atoms with Crippen molar-refractivity contribution in [1.82, 2.24) is 19.5 Å². The first-order chi connectivity index (χ1) is 8.65. The smallest absolute Gasteiger partial charge is 0.165 e.